The highest BCUT2D eigenvalue weighted by Crippen LogP contribution is 2.44. The van der Waals surface area contributed by atoms with E-state index in [2.05, 4.69) is 11.4 Å². The largest absolute Gasteiger partial charge is 0.545 e. The Morgan fingerprint density at radius 2 is 1.17 bits per heavy atom. The summed E-state index contributed by atoms with van der Waals surface area (Å²) in [4.78, 5) is 39.8. The number of ketones is 1. The summed E-state index contributed by atoms with van der Waals surface area (Å²) in [5.74, 6) is -0.970. The Morgan fingerprint density at radius 1 is 0.643 bits per heavy atom. The van der Waals surface area contributed by atoms with E-state index in [0.29, 0.717) is 28.9 Å². The van der Waals surface area contributed by atoms with Gasteiger partial charge in [-0.3, -0.25) is 9.59 Å². The van der Waals surface area contributed by atoms with Crippen LogP contribution in [-0.4, -0.2) is 23.7 Å². The molecule has 5 nitrogen and oxygen atoms in total. The van der Waals surface area contributed by atoms with Crippen molar-refractivity contribution in [2.24, 2.45) is 5.92 Å². The van der Waals surface area contributed by atoms with Crippen LogP contribution < -0.4 is 10.4 Å². The Bertz CT molecular complexity index is 1850. The van der Waals surface area contributed by atoms with Crippen molar-refractivity contribution in [2.75, 3.05) is 0 Å². The molecule has 5 heteroatoms. The molecule has 5 aromatic rings. The molecule has 0 spiro atoms. The van der Waals surface area contributed by atoms with Crippen molar-refractivity contribution in [3.8, 4) is 0 Å². The number of hydrogen-bond acceptors (Lipinski definition) is 4. The lowest BCUT2D eigenvalue weighted by Crippen LogP contribution is -2.36. The van der Waals surface area contributed by atoms with E-state index in [0.717, 1.165) is 94.6 Å². The standard InChI is InChI=1S/C37H37NO4/c1-21-12-13-24-27-16-19-30(37(41)42)35-28(31(39)20-22-8-4-2-5-9-22)17-14-26(34(27)35)25-15-18-29(32(21)33(24)25)36(40)38-23-10-6-3-7-11-23/h12-19,22-23H,2-11,20H2,1H3,(H,38,40)(H,41,42)/p-1. The van der Waals surface area contributed by atoms with Gasteiger partial charge < -0.3 is 15.2 Å². The second-order valence-corrected chi connectivity index (χ2v) is 12.6. The van der Waals surface area contributed by atoms with Crippen molar-refractivity contribution >= 4 is 60.7 Å². The number of carbonyl (C=O) groups is 3. The smallest absolute Gasteiger partial charge is 0.252 e. The summed E-state index contributed by atoms with van der Waals surface area (Å²) in [5.41, 5.74) is 2.22. The molecule has 0 aliphatic heterocycles. The van der Waals surface area contributed by atoms with Gasteiger partial charge >= 0.3 is 0 Å². The molecule has 42 heavy (non-hydrogen) atoms. The summed E-state index contributed by atoms with van der Waals surface area (Å²) in [6.07, 6.45) is 11.6. The van der Waals surface area contributed by atoms with E-state index in [1.165, 1.54) is 12.8 Å². The molecular formula is C37H36NO4-. The lowest BCUT2D eigenvalue weighted by Gasteiger charge is -2.24. The summed E-state index contributed by atoms with van der Waals surface area (Å²) in [6, 6.07) is 15.4. The zero-order valence-corrected chi connectivity index (χ0v) is 24.2. The van der Waals surface area contributed by atoms with E-state index in [-0.39, 0.29) is 23.3 Å². The van der Waals surface area contributed by atoms with Crippen LogP contribution >= 0.6 is 0 Å². The highest BCUT2D eigenvalue weighted by atomic mass is 16.4. The van der Waals surface area contributed by atoms with E-state index in [1.807, 2.05) is 43.3 Å². The van der Waals surface area contributed by atoms with Crippen LogP contribution in [0.25, 0.3) is 43.1 Å². The van der Waals surface area contributed by atoms with Crippen LogP contribution in [0.4, 0.5) is 0 Å². The van der Waals surface area contributed by atoms with Crippen LogP contribution in [0.3, 0.4) is 0 Å². The SMILES string of the molecule is Cc1ccc2c3ccc(C(=O)[O-])c4c(C(=O)CC5CCCCC5)ccc(c5ccc(C(=O)NC6CCCCC6)c1c25)c43. The lowest BCUT2D eigenvalue weighted by atomic mass is 9.81. The Labute approximate surface area is 245 Å². The molecule has 2 aliphatic rings. The molecule has 0 heterocycles. The second kappa shape index (κ2) is 10.7. The molecule has 5 aromatic carbocycles. The first-order chi connectivity index (χ1) is 20.4. The van der Waals surface area contributed by atoms with Crippen molar-refractivity contribution < 1.29 is 19.5 Å². The zero-order valence-electron chi connectivity index (χ0n) is 24.2. The van der Waals surface area contributed by atoms with E-state index in [1.54, 1.807) is 6.07 Å². The van der Waals surface area contributed by atoms with Crippen LogP contribution in [0.2, 0.25) is 0 Å². The molecule has 1 amide bonds. The van der Waals surface area contributed by atoms with Crippen LogP contribution in [0.1, 0.15) is 107 Å². The lowest BCUT2D eigenvalue weighted by molar-refractivity contribution is -0.254. The van der Waals surface area contributed by atoms with Crippen LogP contribution in [-0.2, 0) is 0 Å². The van der Waals surface area contributed by atoms with Gasteiger partial charge in [0, 0.05) is 34.5 Å². The van der Waals surface area contributed by atoms with E-state index < -0.39 is 5.97 Å². The molecule has 2 aliphatic carbocycles. The van der Waals surface area contributed by atoms with Gasteiger partial charge in [-0.15, -0.1) is 0 Å². The van der Waals surface area contributed by atoms with Crippen LogP contribution in [0.15, 0.2) is 48.5 Å². The molecular weight excluding hydrogens is 522 g/mol. The average Bonchev–Trinajstić information content (AvgIpc) is 3.00. The Morgan fingerprint density at radius 3 is 1.79 bits per heavy atom. The Hall–Kier alpha value is -3.99. The minimum Gasteiger partial charge on any atom is -0.545 e. The van der Waals surface area contributed by atoms with Crippen LogP contribution in [0.5, 0.6) is 0 Å². The molecule has 0 atom stereocenters. The third-order valence-electron chi connectivity index (χ3n) is 10.0. The summed E-state index contributed by atoms with van der Waals surface area (Å²) in [7, 11) is 0. The van der Waals surface area contributed by atoms with Gasteiger partial charge in [0.05, 0.1) is 5.97 Å². The van der Waals surface area contributed by atoms with E-state index >= 15 is 0 Å². The number of amides is 1. The molecule has 0 unspecified atom stereocenters. The third kappa shape index (κ3) is 4.41. The maximum Gasteiger partial charge on any atom is 0.252 e. The predicted molar refractivity (Wildman–Crippen MR) is 167 cm³/mol. The zero-order chi connectivity index (χ0) is 29.0. The first-order valence-corrected chi connectivity index (χ1v) is 15.6. The molecule has 2 saturated carbocycles. The number of aromatic carboxylic acids is 1. The van der Waals surface area contributed by atoms with Gasteiger partial charge in [0.1, 0.15) is 0 Å². The quantitative estimate of drug-likeness (QED) is 0.132. The first-order valence-electron chi connectivity index (χ1n) is 15.6. The fraction of sp³-hybridized carbons (Fsp3) is 0.378. The highest BCUT2D eigenvalue weighted by Gasteiger charge is 2.25. The fourth-order valence-corrected chi connectivity index (χ4v) is 7.93. The predicted octanol–water partition coefficient (Wildman–Crippen LogP) is 7.62. The number of Topliss-reactive ketones (excluding diaryl/α,β-unsaturated/α-hetero) is 1. The van der Waals surface area contributed by atoms with Gasteiger partial charge in [0.2, 0.25) is 0 Å². The number of nitrogens with one attached hydrogen (secondary N) is 1. The molecule has 2 fully saturated rings. The minimum absolute atomic E-state index is 0.00248. The number of rotatable bonds is 6. The second-order valence-electron chi connectivity index (χ2n) is 12.6. The van der Waals surface area contributed by atoms with Gasteiger partial charge in [0.25, 0.3) is 5.91 Å². The fourth-order valence-electron chi connectivity index (χ4n) is 7.93. The Kier molecular flexibility index (Phi) is 6.84. The number of hydrogen-bond donors (Lipinski definition) is 1. The van der Waals surface area contributed by atoms with Gasteiger partial charge in [-0.25, -0.2) is 0 Å². The number of carboxylic acids is 1. The number of carboxylic acid groups (broad SMARTS) is 1. The molecule has 7 rings (SSSR count). The maximum atomic E-state index is 13.7. The molecule has 1 N–H and O–H groups in total. The molecule has 214 valence electrons. The average molecular weight is 559 g/mol. The van der Waals surface area contributed by atoms with Gasteiger partial charge in [0.15, 0.2) is 5.78 Å². The number of carbonyl (C=O) groups excluding carboxylic acids is 3. The van der Waals surface area contributed by atoms with Crippen molar-refractivity contribution in [2.45, 2.75) is 83.6 Å². The number of aryl methyl sites for hydroxylation is 1. The van der Waals surface area contributed by atoms with Crippen molar-refractivity contribution in [1.29, 1.82) is 0 Å². The molecule has 0 radical (unpaired) electrons. The van der Waals surface area contributed by atoms with Gasteiger partial charge in [-0.05, 0) is 75.0 Å². The first kappa shape index (κ1) is 26.9. The number of benzene rings is 5. The maximum absolute atomic E-state index is 13.7. The highest BCUT2D eigenvalue weighted by molar-refractivity contribution is 6.37. The normalized spacial score (nSPS) is 17.0. The number of fused-ring (bicyclic) bond motifs is 2. The Balaban J connectivity index is 1.45. The summed E-state index contributed by atoms with van der Waals surface area (Å²) in [6.45, 7) is 2.04. The van der Waals surface area contributed by atoms with Gasteiger partial charge in [-0.1, -0.05) is 93.8 Å². The van der Waals surface area contributed by atoms with Crippen molar-refractivity contribution in [3.63, 3.8) is 0 Å². The third-order valence-corrected chi connectivity index (χ3v) is 10.0. The van der Waals surface area contributed by atoms with Gasteiger partial charge in [-0.2, -0.15) is 0 Å². The summed E-state index contributed by atoms with van der Waals surface area (Å²) >= 11 is 0. The van der Waals surface area contributed by atoms with E-state index in [4.69, 9.17) is 0 Å². The minimum atomic E-state index is -1.28. The molecule has 0 aromatic heterocycles. The molecule has 0 bridgehead atoms. The van der Waals surface area contributed by atoms with Crippen molar-refractivity contribution in [3.05, 3.63) is 70.8 Å². The summed E-state index contributed by atoms with van der Waals surface area (Å²) in [5, 5.41) is 22.6. The monoisotopic (exact) mass is 558 g/mol. The topological polar surface area (TPSA) is 86.3 Å². The molecule has 0 saturated heterocycles. The van der Waals surface area contributed by atoms with Crippen LogP contribution in [0, 0.1) is 12.8 Å². The van der Waals surface area contributed by atoms with Crippen molar-refractivity contribution in [1.82, 2.24) is 5.32 Å². The summed E-state index contributed by atoms with van der Waals surface area (Å²) < 4.78 is 0. The van der Waals surface area contributed by atoms with E-state index in [9.17, 15) is 19.5 Å².